The zero-order valence-corrected chi connectivity index (χ0v) is 13.9. The Morgan fingerprint density at radius 2 is 2.21 bits per heavy atom. The molecule has 2 aromatic rings. The Bertz CT molecular complexity index is 726. The van der Waals surface area contributed by atoms with Crippen molar-refractivity contribution in [1.29, 1.82) is 0 Å². The first-order valence-corrected chi connectivity index (χ1v) is 8.29. The lowest BCUT2D eigenvalue weighted by molar-refractivity contribution is 0.0231. The summed E-state index contributed by atoms with van der Waals surface area (Å²) in [5, 5.41) is 0. The quantitative estimate of drug-likeness (QED) is 0.853. The summed E-state index contributed by atoms with van der Waals surface area (Å²) in [6.07, 6.45) is 5.71. The summed E-state index contributed by atoms with van der Waals surface area (Å²) in [5.74, 6) is 2.79. The Balaban J connectivity index is 1.47. The normalized spacial score (nSPS) is 26.2. The third kappa shape index (κ3) is 2.91. The maximum absolute atomic E-state index is 6.26. The Kier molecular flexibility index (Phi) is 4.02. The molecular weight excluding hydrogens is 306 g/mol. The minimum Gasteiger partial charge on any atom is -0.481 e. The van der Waals surface area contributed by atoms with Crippen molar-refractivity contribution >= 4 is 5.82 Å². The van der Waals surface area contributed by atoms with Crippen molar-refractivity contribution in [2.24, 2.45) is 5.92 Å². The molecule has 2 saturated heterocycles. The van der Waals surface area contributed by atoms with Crippen LogP contribution >= 0.6 is 0 Å². The number of anilines is 1. The highest BCUT2D eigenvalue weighted by atomic mass is 16.5. The highest BCUT2D eigenvalue weighted by molar-refractivity contribution is 5.41. The smallest absolute Gasteiger partial charge is 0.218 e. The summed E-state index contributed by atoms with van der Waals surface area (Å²) in [7, 11) is 1.62. The number of ether oxygens (including phenoxy) is 2. The Labute approximate surface area is 141 Å². The van der Waals surface area contributed by atoms with E-state index in [1.54, 1.807) is 13.4 Å². The van der Waals surface area contributed by atoms with Crippen molar-refractivity contribution < 1.29 is 9.47 Å². The van der Waals surface area contributed by atoms with Crippen LogP contribution in [0, 0.1) is 12.8 Å². The van der Waals surface area contributed by atoms with Gasteiger partial charge in [0, 0.05) is 31.3 Å². The number of methoxy groups -OCH3 is 1. The molecule has 0 bridgehead atoms. The SMILES string of the molecule is COc1cc(N2CC[C@H]3O[C@H](c4ccnc(C)n4)C[C@@H]3C2)ncn1. The molecule has 2 aromatic heterocycles. The number of nitrogens with zero attached hydrogens (tertiary/aromatic N) is 5. The van der Waals surface area contributed by atoms with Crippen LogP contribution in [0.2, 0.25) is 0 Å². The largest absolute Gasteiger partial charge is 0.481 e. The van der Waals surface area contributed by atoms with E-state index in [0.717, 1.165) is 43.3 Å². The van der Waals surface area contributed by atoms with Gasteiger partial charge in [-0.2, -0.15) is 0 Å². The Morgan fingerprint density at radius 1 is 1.29 bits per heavy atom. The average molecular weight is 327 g/mol. The maximum atomic E-state index is 6.26. The predicted molar refractivity (Wildman–Crippen MR) is 87.9 cm³/mol. The van der Waals surface area contributed by atoms with Crippen molar-refractivity contribution in [3.05, 3.63) is 36.2 Å². The molecule has 7 heteroatoms. The van der Waals surface area contributed by atoms with E-state index in [-0.39, 0.29) is 6.10 Å². The number of aryl methyl sites for hydroxylation is 1. The minimum absolute atomic E-state index is 0.0709. The molecule has 2 fully saturated rings. The second kappa shape index (κ2) is 6.32. The topological polar surface area (TPSA) is 73.3 Å². The van der Waals surface area contributed by atoms with E-state index in [2.05, 4.69) is 24.8 Å². The number of piperidine rings is 1. The van der Waals surface area contributed by atoms with Gasteiger partial charge in [-0.25, -0.2) is 19.9 Å². The van der Waals surface area contributed by atoms with Crippen molar-refractivity contribution in [3.8, 4) is 5.88 Å². The summed E-state index contributed by atoms with van der Waals surface area (Å²) in [6.45, 7) is 3.78. The first kappa shape index (κ1) is 15.3. The zero-order valence-electron chi connectivity index (χ0n) is 13.9. The van der Waals surface area contributed by atoms with Crippen molar-refractivity contribution in [2.75, 3.05) is 25.1 Å². The first-order chi connectivity index (χ1) is 11.7. The van der Waals surface area contributed by atoms with Gasteiger partial charge in [0.1, 0.15) is 24.1 Å². The van der Waals surface area contributed by atoms with Crippen LogP contribution in [0.4, 0.5) is 5.82 Å². The van der Waals surface area contributed by atoms with Crippen molar-refractivity contribution in [1.82, 2.24) is 19.9 Å². The standard InChI is InChI=1S/C17H21N5O2/c1-11-18-5-3-13(21-11)15-7-12-9-22(6-4-14(12)24-15)16-8-17(23-2)20-10-19-16/h3,5,8,10,12,14-15H,4,6-7,9H2,1-2H3/t12-,14-,15+/m1/s1. The van der Waals surface area contributed by atoms with Crippen LogP contribution in [0.3, 0.4) is 0 Å². The van der Waals surface area contributed by atoms with E-state index in [1.807, 2.05) is 25.3 Å². The summed E-state index contributed by atoms with van der Waals surface area (Å²) < 4.78 is 11.5. The molecule has 2 aliphatic rings. The van der Waals surface area contributed by atoms with Gasteiger partial charge < -0.3 is 14.4 Å². The zero-order chi connectivity index (χ0) is 16.5. The van der Waals surface area contributed by atoms with E-state index < -0.39 is 0 Å². The molecule has 0 saturated carbocycles. The van der Waals surface area contributed by atoms with Crippen LogP contribution in [0.15, 0.2) is 24.7 Å². The van der Waals surface area contributed by atoms with E-state index in [1.165, 1.54) is 0 Å². The molecule has 0 radical (unpaired) electrons. The third-order valence-electron chi connectivity index (χ3n) is 4.81. The summed E-state index contributed by atoms with van der Waals surface area (Å²) in [6, 6.07) is 3.85. The number of aromatic nitrogens is 4. The number of fused-ring (bicyclic) bond motifs is 1. The number of hydrogen-bond acceptors (Lipinski definition) is 7. The lowest BCUT2D eigenvalue weighted by atomic mass is 9.92. The van der Waals surface area contributed by atoms with E-state index >= 15 is 0 Å². The van der Waals surface area contributed by atoms with Gasteiger partial charge >= 0.3 is 0 Å². The van der Waals surface area contributed by atoms with E-state index in [0.29, 0.717) is 17.9 Å². The van der Waals surface area contributed by atoms with Crippen molar-refractivity contribution in [2.45, 2.75) is 32.0 Å². The minimum atomic E-state index is 0.0709. The summed E-state index contributed by atoms with van der Waals surface area (Å²) >= 11 is 0. The molecule has 0 unspecified atom stereocenters. The first-order valence-electron chi connectivity index (χ1n) is 8.29. The average Bonchev–Trinajstić information content (AvgIpc) is 3.05. The monoisotopic (exact) mass is 327 g/mol. The van der Waals surface area contributed by atoms with Crippen LogP contribution in [-0.2, 0) is 4.74 Å². The highest BCUT2D eigenvalue weighted by Crippen LogP contribution is 2.40. The van der Waals surface area contributed by atoms with E-state index in [4.69, 9.17) is 9.47 Å². The van der Waals surface area contributed by atoms with Gasteiger partial charge in [0.15, 0.2) is 0 Å². The van der Waals surface area contributed by atoms with Crippen molar-refractivity contribution in [3.63, 3.8) is 0 Å². The Hall–Kier alpha value is -2.28. The van der Waals surface area contributed by atoms with Gasteiger partial charge in [0.05, 0.1) is 18.9 Å². The van der Waals surface area contributed by atoms with Gasteiger partial charge in [-0.3, -0.25) is 0 Å². The molecule has 0 aromatic carbocycles. The van der Waals surface area contributed by atoms with Gasteiger partial charge in [-0.15, -0.1) is 0 Å². The molecular formula is C17H21N5O2. The van der Waals surface area contributed by atoms with Gasteiger partial charge in [0.25, 0.3) is 0 Å². The van der Waals surface area contributed by atoms with E-state index in [9.17, 15) is 0 Å². The Morgan fingerprint density at radius 3 is 3.04 bits per heavy atom. The fourth-order valence-electron chi connectivity index (χ4n) is 3.62. The fourth-order valence-corrected chi connectivity index (χ4v) is 3.62. The molecule has 4 rings (SSSR count). The molecule has 2 aliphatic heterocycles. The van der Waals surface area contributed by atoms with Gasteiger partial charge in [-0.05, 0) is 25.8 Å². The van der Waals surface area contributed by atoms with Gasteiger partial charge in [-0.1, -0.05) is 0 Å². The highest BCUT2D eigenvalue weighted by Gasteiger charge is 2.40. The second-order valence-electron chi connectivity index (χ2n) is 6.34. The number of hydrogen-bond donors (Lipinski definition) is 0. The molecule has 24 heavy (non-hydrogen) atoms. The van der Waals surface area contributed by atoms with Crippen LogP contribution in [0.1, 0.15) is 30.5 Å². The maximum Gasteiger partial charge on any atom is 0.218 e. The second-order valence-corrected chi connectivity index (χ2v) is 6.34. The summed E-state index contributed by atoms with van der Waals surface area (Å²) in [4.78, 5) is 19.5. The van der Waals surface area contributed by atoms with Gasteiger partial charge in [0.2, 0.25) is 5.88 Å². The molecule has 4 heterocycles. The fraction of sp³-hybridized carbons (Fsp3) is 0.529. The number of rotatable bonds is 3. The lowest BCUT2D eigenvalue weighted by Gasteiger charge is -2.34. The summed E-state index contributed by atoms with van der Waals surface area (Å²) in [5.41, 5.74) is 0.993. The third-order valence-corrected chi connectivity index (χ3v) is 4.81. The molecule has 3 atom stereocenters. The molecule has 0 N–H and O–H groups in total. The molecule has 0 aliphatic carbocycles. The predicted octanol–water partition coefficient (Wildman–Crippen LogP) is 1.94. The molecule has 0 amide bonds. The molecule has 7 nitrogen and oxygen atoms in total. The lowest BCUT2D eigenvalue weighted by Crippen LogP contribution is -2.41. The molecule has 126 valence electrons. The van der Waals surface area contributed by atoms with Crippen LogP contribution in [0.25, 0.3) is 0 Å². The van der Waals surface area contributed by atoms with Crippen LogP contribution in [-0.4, -0.2) is 46.2 Å². The van der Waals surface area contributed by atoms with Crippen LogP contribution in [0.5, 0.6) is 5.88 Å². The molecule has 0 spiro atoms. The van der Waals surface area contributed by atoms with Crippen LogP contribution < -0.4 is 9.64 Å².